The number of aromatic nitrogens is 1. The lowest BCUT2D eigenvalue weighted by atomic mass is 10.2. The molecule has 0 bridgehead atoms. The molecule has 0 unspecified atom stereocenters. The first-order chi connectivity index (χ1) is 9.31. The van der Waals surface area contributed by atoms with Gasteiger partial charge in [-0.05, 0) is 24.3 Å². The number of nitrogens with one attached hydrogen (secondary N) is 1. The van der Waals surface area contributed by atoms with Crippen LogP contribution in [0.4, 0.5) is 0 Å². The fourth-order valence-corrected chi connectivity index (χ4v) is 1.50. The summed E-state index contributed by atoms with van der Waals surface area (Å²) in [5, 5.41) is 3.90. The molecule has 5 heteroatoms. The number of carbonyl (C=O) groups is 1. The molecule has 0 saturated carbocycles. The molecule has 0 aliphatic rings. The van der Waals surface area contributed by atoms with Gasteiger partial charge in [0.15, 0.2) is 0 Å². The monoisotopic (exact) mass is 255 g/mol. The fraction of sp³-hybridized carbons (Fsp3) is 0.0714. The zero-order valence-corrected chi connectivity index (χ0v) is 10.4. The van der Waals surface area contributed by atoms with Crippen molar-refractivity contribution in [2.45, 2.75) is 0 Å². The van der Waals surface area contributed by atoms with Gasteiger partial charge in [-0.3, -0.25) is 9.78 Å². The van der Waals surface area contributed by atoms with Crippen LogP contribution in [0.25, 0.3) is 0 Å². The van der Waals surface area contributed by atoms with E-state index in [1.54, 1.807) is 31.6 Å². The highest BCUT2D eigenvalue weighted by Gasteiger charge is 2.02. The van der Waals surface area contributed by atoms with E-state index in [0.717, 1.165) is 5.56 Å². The Morgan fingerprint density at radius 1 is 1.26 bits per heavy atom. The number of hydrogen-bond acceptors (Lipinski definition) is 4. The predicted molar refractivity (Wildman–Crippen MR) is 72.3 cm³/mol. The molecule has 96 valence electrons. The minimum Gasteiger partial charge on any atom is -0.496 e. The Balaban J connectivity index is 2.02. The molecular weight excluding hydrogens is 242 g/mol. The van der Waals surface area contributed by atoms with Gasteiger partial charge in [0.2, 0.25) is 0 Å². The molecule has 2 aromatic rings. The molecule has 1 N–H and O–H groups in total. The van der Waals surface area contributed by atoms with Crippen molar-refractivity contribution in [1.29, 1.82) is 0 Å². The van der Waals surface area contributed by atoms with Crippen LogP contribution in [0.2, 0.25) is 0 Å². The van der Waals surface area contributed by atoms with Crippen LogP contribution in [0, 0.1) is 0 Å². The topological polar surface area (TPSA) is 63.6 Å². The van der Waals surface area contributed by atoms with Crippen LogP contribution >= 0.6 is 0 Å². The summed E-state index contributed by atoms with van der Waals surface area (Å²) in [6, 6.07) is 10.6. The van der Waals surface area contributed by atoms with Crippen molar-refractivity contribution < 1.29 is 9.53 Å². The van der Waals surface area contributed by atoms with Crippen LogP contribution in [0.15, 0.2) is 53.9 Å². The second kappa shape index (κ2) is 6.30. The van der Waals surface area contributed by atoms with Gasteiger partial charge in [0.05, 0.1) is 13.3 Å². The summed E-state index contributed by atoms with van der Waals surface area (Å²) in [7, 11) is 1.59. The van der Waals surface area contributed by atoms with Gasteiger partial charge >= 0.3 is 0 Å². The molecule has 19 heavy (non-hydrogen) atoms. The summed E-state index contributed by atoms with van der Waals surface area (Å²) in [5.41, 5.74) is 3.74. The van der Waals surface area contributed by atoms with E-state index in [1.165, 1.54) is 6.21 Å². The molecule has 0 aliphatic heterocycles. The van der Waals surface area contributed by atoms with Gasteiger partial charge < -0.3 is 4.74 Å². The van der Waals surface area contributed by atoms with Gasteiger partial charge in [-0.2, -0.15) is 5.10 Å². The fourth-order valence-electron chi connectivity index (χ4n) is 1.50. The molecule has 5 nitrogen and oxygen atoms in total. The van der Waals surface area contributed by atoms with Crippen molar-refractivity contribution in [3.8, 4) is 5.75 Å². The Hall–Kier alpha value is -2.69. The molecule has 1 aromatic carbocycles. The SMILES string of the molecule is COc1ccccc1C=NNC(=O)c1ccncc1. The summed E-state index contributed by atoms with van der Waals surface area (Å²) in [6.07, 6.45) is 4.65. The van der Waals surface area contributed by atoms with Gasteiger partial charge in [-0.15, -0.1) is 0 Å². The van der Waals surface area contributed by atoms with Crippen LogP contribution < -0.4 is 10.2 Å². The quantitative estimate of drug-likeness (QED) is 0.670. The first kappa shape index (κ1) is 12.8. The Bertz CT molecular complexity index is 582. The lowest BCUT2D eigenvalue weighted by Crippen LogP contribution is -2.17. The molecule has 0 radical (unpaired) electrons. The van der Waals surface area contributed by atoms with Crippen LogP contribution in [-0.4, -0.2) is 24.2 Å². The van der Waals surface area contributed by atoms with Crippen molar-refractivity contribution in [3.63, 3.8) is 0 Å². The van der Waals surface area contributed by atoms with E-state index in [2.05, 4.69) is 15.5 Å². The number of para-hydroxylation sites is 1. The Morgan fingerprint density at radius 2 is 2.00 bits per heavy atom. The number of amides is 1. The third-order valence-corrected chi connectivity index (χ3v) is 2.45. The van der Waals surface area contributed by atoms with E-state index in [0.29, 0.717) is 11.3 Å². The molecule has 0 fully saturated rings. The molecular formula is C14H13N3O2. The normalized spacial score (nSPS) is 10.4. The number of hydrogen-bond donors (Lipinski definition) is 1. The number of benzene rings is 1. The molecule has 0 atom stereocenters. The molecule has 2 rings (SSSR count). The van der Waals surface area contributed by atoms with Gasteiger partial charge in [0.1, 0.15) is 5.75 Å². The van der Waals surface area contributed by atoms with E-state index in [4.69, 9.17) is 4.74 Å². The lowest BCUT2D eigenvalue weighted by molar-refractivity contribution is 0.0955. The van der Waals surface area contributed by atoms with Crippen molar-refractivity contribution in [3.05, 3.63) is 59.9 Å². The van der Waals surface area contributed by atoms with Crippen LogP contribution in [-0.2, 0) is 0 Å². The molecule has 1 aromatic heterocycles. The number of ether oxygens (including phenoxy) is 1. The summed E-state index contributed by atoms with van der Waals surface area (Å²) < 4.78 is 5.18. The average Bonchev–Trinajstić information content (AvgIpc) is 2.48. The molecule has 1 amide bonds. The van der Waals surface area contributed by atoms with Crippen molar-refractivity contribution in [2.75, 3.05) is 7.11 Å². The molecule has 0 spiro atoms. The maximum Gasteiger partial charge on any atom is 0.271 e. The lowest BCUT2D eigenvalue weighted by Gasteiger charge is -2.03. The van der Waals surface area contributed by atoms with Crippen molar-refractivity contribution >= 4 is 12.1 Å². The van der Waals surface area contributed by atoms with E-state index in [1.807, 2.05) is 24.3 Å². The minimum absolute atomic E-state index is 0.284. The second-order valence-corrected chi connectivity index (χ2v) is 3.68. The van der Waals surface area contributed by atoms with Gasteiger partial charge in [0.25, 0.3) is 5.91 Å². The number of rotatable bonds is 4. The summed E-state index contributed by atoms with van der Waals surface area (Å²) >= 11 is 0. The van der Waals surface area contributed by atoms with E-state index in [-0.39, 0.29) is 5.91 Å². The van der Waals surface area contributed by atoms with E-state index in [9.17, 15) is 4.79 Å². The zero-order chi connectivity index (χ0) is 13.5. The molecule has 0 saturated heterocycles. The van der Waals surface area contributed by atoms with Crippen molar-refractivity contribution in [1.82, 2.24) is 10.4 Å². The van der Waals surface area contributed by atoms with E-state index >= 15 is 0 Å². The predicted octanol–water partition coefficient (Wildman–Crippen LogP) is 1.85. The van der Waals surface area contributed by atoms with Crippen LogP contribution in [0.3, 0.4) is 0 Å². The highest BCUT2D eigenvalue weighted by molar-refractivity contribution is 5.94. The maximum atomic E-state index is 11.7. The number of hydrazone groups is 1. The highest BCUT2D eigenvalue weighted by Crippen LogP contribution is 2.14. The number of methoxy groups -OCH3 is 1. The minimum atomic E-state index is -0.284. The summed E-state index contributed by atoms with van der Waals surface area (Å²) in [4.78, 5) is 15.5. The van der Waals surface area contributed by atoms with Gasteiger partial charge in [0, 0.05) is 23.5 Å². The standard InChI is InChI=1S/C14H13N3O2/c1-19-13-5-3-2-4-12(13)10-16-17-14(18)11-6-8-15-9-7-11/h2-10H,1H3,(H,17,18). The average molecular weight is 255 g/mol. The Morgan fingerprint density at radius 3 is 2.74 bits per heavy atom. The summed E-state index contributed by atoms with van der Waals surface area (Å²) in [6.45, 7) is 0. The zero-order valence-electron chi connectivity index (χ0n) is 10.4. The van der Waals surface area contributed by atoms with Crippen LogP contribution in [0.1, 0.15) is 15.9 Å². The second-order valence-electron chi connectivity index (χ2n) is 3.68. The molecule has 1 heterocycles. The Kier molecular flexibility index (Phi) is 4.23. The largest absolute Gasteiger partial charge is 0.496 e. The van der Waals surface area contributed by atoms with Crippen LogP contribution in [0.5, 0.6) is 5.75 Å². The third-order valence-electron chi connectivity index (χ3n) is 2.45. The number of nitrogens with zero attached hydrogens (tertiary/aromatic N) is 2. The Labute approximate surface area is 110 Å². The van der Waals surface area contributed by atoms with E-state index < -0.39 is 0 Å². The number of carbonyl (C=O) groups excluding carboxylic acids is 1. The maximum absolute atomic E-state index is 11.7. The van der Waals surface area contributed by atoms with Crippen molar-refractivity contribution in [2.24, 2.45) is 5.10 Å². The highest BCUT2D eigenvalue weighted by atomic mass is 16.5. The summed E-state index contributed by atoms with van der Waals surface area (Å²) in [5.74, 6) is 0.415. The van der Waals surface area contributed by atoms with Gasteiger partial charge in [-0.1, -0.05) is 12.1 Å². The first-order valence-corrected chi connectivity index (χ1v) is 5.67. The number of pyridine rings is 1. The molecule has 0 aliphatic carbocycles. The smallest absolute Gasteiger partial charge is 0.271 e. The van der Waals surface area contributed by atoms with Gasteiger partial charge in [-0.25, -0.2) is 5.43 Å². The first-order valence-electron chi connectivity index (χ1n) is 5.67. The third kappa shape index (κ3) is 3.38.